The van der Waals surface area contributed by atoms with Gasteiger partial charge in [0.25, 0.3) is 11.5 Å². The molecule has 0 radical (unpaired) electrons. The summed E-state index contributed by atoms with van der Waals surface area (Å²) in [6.07, 6.45) is 1.69. The zero-order valence-electron chi connectivity index (χ0n) is 23.6. The third-order valence-corrected chi connectivity index (χ3v) is 7.22. The number of carbonyl (C=O) groups is 1. The number of benzene rings is 3. The Hall–Kier alpha value is -4.57. The molecule has 0 unspecified atom stereocenters. The highest BCUT2D eigenvalue weighted by Gasteiger charge is 2.15. The van der Waals surface area contributed by atoms with Crippen molar-refractivity contribution in [3.63, 3.8) is 0 Å². The molecule has 5 aromatic rings. The summed E-state index contributed by atoms with van der Waals surface area (Å²) in [7, 11) is 0. The van der Waals surface area contributed by atoms with Gasteiger partial charge in [-0.2, -0.15) is 9.78 Å². The van der Waals surface area contributed by atoms with Gasteiger partial charge in [0.2, 0.25) is 0 Å². The number of ether oxygens (including phenoxy) is 1. The second-order valence-electron chi connectivity index (χ2n) is 10.1. The molecule has 0 aliphatic rings. The molecular formula is C32H29BrFN5O3. The zero-order chi connectivity index (χ0) is 30.0. The van der Waals surface area contributed by atoms with E-state index in [4.69, 9.17) is 9.72 Å². The molecule has 0 bridgehead atoms. The van der Waals surface area contributed by atoms with Crippen molar-refractivity contribution in [3.8, 4) is 11.4 Å². The molecule has 5 rings (SSSR count). The quantitative estimate of drug-likeness (QED) is 0.193. The van der Waals surface area contributed by atoms with Crippen LogP contribution in [0.3, 0.4) is 0 Å². The van der Waals surface area contributed by atoms with Gasteiger partial charge in [0.1, 0.15) is 17.4 Å². The van der Waals surface area contributed by atoms with Crippen molar-refractivity contribution < 1.29 is 13.9 Å². The Kier molecular flexibility index (Phi) is 8.35. The van der Waals surface area contributed by atoms with Crippen molar-refractivity contribution in [2.45, 2.75) is 33.6 Å². The number of halogens is 2. The number of fused-ring (bicyclic) bond motifs is 1. The summed E-state index contributed by atoms with van der Waals surface area (Å²) in [6.45, 7) is 7.76. The minimum atomic E-state index is -0.372. The second-order valence-corrected chi connectivity index (χ2v) is 11.1. The molecule has 42 heavy (non-hydrogen) atoms. The Morgan fingerprint density at radius 2 is 1.79 bits per heavy atom. The van der Waals surface area contributed by atoms with Crippen LogP contribution in [0.4, 0.5) is 10.1 Å². The average molecular weight is 631 g/mol. The van der Waals surface area contributed by atoms with Crippen molar-refractivity contribution in [1.29, 1.82) is 0 Å². The lowest BCUT2D eigenvalue weighted by Gasteiger charge is -2.12. The summed E-state index contributed by atoms with van der Waals surface area (Å²) in [4.78, 5) is 30.3. The zero-order valence-corrected chi connectivity index (χ0v) is 25.1. The van der Waals surface area contributed by atoms with E-state index in [0.29, 0.717) is 28.2 Å². The fourth-order valence-electron chi connectivity index (χ4n) is 4.66. The normalized spacial score (nSPS) is 11.5. The van der Waals surface area contributed by atoms with Gasteiger partial charge in [-0.15, -0.1) is 0 Å². The number of carbonyl (C=O) groups excluding carboxylic acids is 1. The van der Waals surface area contributed by atoms with Crippen LogP contribution in [-0.2, 0) is 4.79 Å². The first kappa shape index (κ1) is 28.9. The minimum Gasteiger partial charge on any atom is -0.484 e. The van der Waals surface area contributed by atoms with Crippen LogP contribution in [-0.4, -0.2) is 33.0 Å². The van der Waals surface area contributed by atoms with Crippen LogP contribution in [0.2, 0.25) is 0 Å². The van der Waals surface area contributed by atoms with Gasteiger partial charge < -0.3 is 14.6 Å². The van der Waals surface area contributed by atoms with E-state index in [1.807, 2.05) is 58.0 Å². The van der Waals surface area contributed by atoms with Crippen molar-refractivity contribution in [2.24, 2.45) is 5.10 Å². The third-order valence-electron chi connectivity index (χ3n) is 6.73. The van der Waals surface area contributed by atoms with E-state index in [1.54, 1.807) is 24.4 Å². The molecule has 0 saturated carbocycles. The predicted octanol–water partition coefficient (Wildman–Crippen LogP) is 6.73. The van der Waals surface area contributed by atoms with Crippen molar-refractivity contribution >= 4 is 44.6 Å². The molecule has 8 nitrogen and oxygen atoms in total. The Bertz CT molecular complexity index is 1860. The number of aromatic nitrogens is 3. The number of hydrogen-bond acceptors (Lipinski definition) is 5. The number of nitrogens with one attached hydrogen (secondary N) is 1. The fourth-order valence-corrected chi connectivity index (χ4v) is 5.02. The monoisotopic (exact) mass is 629 g/mol. The number of amides is 1. The van der Waals surface area contributed by atoms with Crippen LogP contribution in [0.1, 0.15) is 42.5 Å². The lowest BCUT2D eigenvalue weighted by Crippen LogP contribution is -2.23. The van der Waals surface area contributed by atoms with Crippen LogP contribution in [0.25, 0.3) is 16.6 Å². The molecular weight excluding hydrogens is 601 g/mol. The van der Waals surface area contributed by atoms with Crippen LogP contribution in [0.15, 0.2) is 87.2 Å². The van der Waals surface area contributed by atoms with Crippen molar-refractivity contribution in [2.75, 3.05) is 11.9 Å². The molecule has 214 valence electrons. The first-order chi connectivity index (χ1) is 20.1. The molecule has 1 N–H and O–H groups in total. The highest BCUT2D eigenvalue weighted by atomic mass is 79.9. The summed E-state index contributed by atoms with van der Waals surface area (Å²) in [5, 5.41) is 7.75. The van der Waals surface area contributed by atoms with Gasteiger partial charge in [-0.05, 0) is 86.6 Å². The molecule has 1 amide bonds. The molecule has 0 atom stereocenters. The minimum absolute atomic E-state index is 0.00921. The van der Waals surface area contributed by atoms with Crippen molar-refractivity contribution in [1.82, 2.24) is 14.2 Å². The molecule has 2 heterocycles. The van der Waals surface area contributed by atoms with E-state index in [-0.39, 0.29) is 29.8 Å². The highest BCUT2D eigenvalue weighted by molar-refractivity contribution is 9.10. The van der Waals surface area contributed by atoms with Gasteiger partial charge in [0, 0.05) is 38.7 Å². The molecule has 0 saturated heterocycles. The Labute approximate surface area is 250 Å². The Morgan fingerprint density at radius 1 is 1.07 bits per heavy atom. The van der Waals surface area contributed by atoms with Crippen LogP contribution in [0, 0.1) is 19.7 Å². The van der Waals surface area contributed by atoms with Gasteiger partial charge in [-0.1, -0.05) is 29.8 Å². The number of nitrogens with zero attached hydrogens (tertiary/aromatic N) is 4. The summed E-state index contributed by atoms with van der Waals surface area (Å²) in [5.41, 5.74) is 4.60. The third kappa shape index (κ3) is 6.18. The van der Waals surface area contributed by atoms with Gasteiger partial charge in [0.15, 0.2) is 6.61 Å². The summed E-state index contributed by atoms with van der Waals surface area (Å²) in [6, 6.07) is 20.4. The highest BCUT2D eigenvalue weighted by Crippen LogP contribution is 2.23. The summed E-state index contributed by atoms with van der Waals surface area (Å²) < 4.78 is 22.9. The lowest BCUT2D eigenvalue weighted by atomic mass is 10.2. The van der Waals surface area contributed by atoms with Gasteiger partial charge in [0.05, 0.1) is 17.1 Å². The topological polar surface area (TPSA) is 90.5 Å². The van der Waals surface area contributed by atoms with E-state index >= 15 is 0 Å². The molecule has 0 aliphatic carbocycles. The van der Waals surface area contributed by atoms with Gasteiger partial charge in [-0.3, -0.25) is 9.59 Å². The van der Waals surface area contributed by atoms with Crippen molar-refractivity contribution in [3.05, 3.63) is 116 Å². The van der Waals surface area contributed by atoms with Gasteiger partial charge >= 0.3 is 0 Å². The maximum absolute atomic E-state index is 13.4. The smallest absolute Gasteiger partial charge is 0.282 e. The van der Waals surface area contributed by atoms with Crippen LogP contribution in [0.5, 0.6) is 5.75 Å². The first-order valence-electron chi connectivity index (χ1n) is 13.3. The number of rotatable bonds is 8. The molecule has 10 heteroatoms. The average Bonchev–Trinajstić information content (AvgIpc) is 3.25. The van der Waals surface area contributed by atoms with E-state index in [2.05, 4.69) is 30.9 Å². The maximum Gasteiger partial charge on any atom is 0.282 e. The lowest BCUT2D eigenvalue weighted by molar-refractivity contribution is -0.118. The standard InChI is InChI=1S/C32H29BrFN5O3/c1-19(2)31-37-29-14-5-23(33)16-28(29)32(41)39(31)35-17-22-15-20(3)38(21(22)4)26-10-12-27(13-11-26)42-18-30(40)36-25-8-6-24(34)7-9-25/h5-17,19H,18H2,1-4H3,(H,36,40). The largest absolute Gasteiger partial charge is 0.484 e. The predicted molar refractivity (Wildman–Crippen MR) is 167 cm³/mol. The summed E-state index contributed by atoms with van der Waals surface area (Å²) in [5.74, 6) is 0.393. The fraction of sp³-hybridized carbons (Fsp3) is 0.188. The number of anilines is 1. The maximum atomic E-state index is 13.4. The van der Waals surface area contributed by atoms with Crippen LogP contribution >= 0.6 is 15.9 Å². The Morgan fingerprint density at radius 3 is 2.48 bits per heavy atom. The SMILES string of the molecule is Cc1cc(C=Nn2c(C(C)C)nc3ccc(Br)cc3c2=O)c(C)n1-c1ccc(OCC(=O)Nc2ccc(F)cc2)cc1. The molecule has 0 fully saturated rings. The molecule has 3 aromatic carbocycles. The van der Waals surface area contributed by atoms with Crippen LogP contribution < -0.4 is 15.6 Å². The number of hydrogen-bond donors (Lipinski definition) is 1. The Balaban J connectivity index is 1.34. The first-order valence-corrected chi connectivity index (χ1v) is 14.1. The van der Waals surface area contributed by atoms with E-state index in [9.17, 15) is 14.0 Å². The van der Waals surface area contributed by atoms with Gasteiger partial charge in [-0.25, -0.2) is 9.37 Å². The van der Waals surface area contributed by atoms with E-state index < -0.39 is 0 Å². The summed E-state index contributed by atoms with van der Waals surface area (Å²) >= 11 is 3.44. The molecule has 0 spiro atoms. The molecule has 2 aromatic heterocycles. The molecule has 0 aliphatic heterocycles. The van der Waals surface area contributed by atoms with E-state index in [1.165, 1.54) is 28.9 Å². The van der Waals surface area contributed by atoms with E-state index in [0.717, 1.165) is 27.1 Å². The second kappa shape index (κ2) is 12.1. The number of aryl methyl sites for hydroxylation is 1.